The van der Waals surface area contributed by atoms with E-state index in [-0.39, 0.29) is 17.7 Å². The SMILES string of the molecule is CC(=O)N1N=C(c2ccccc2O)C[C@H]1c1ccccc1. The van der Waals surface area contributed by atoms with E-state index < -0.39 is 0 Å². The van der Waals surface area contributed by atoms with Gasteiger partial charge in [-0.3, -0.25) is 4.79 Å². The van der Waals surface area contributed by atoms with Crippen molar-refractivity contribution in [2.75, 3.05) is 0 Å². The molecule has 0 spiro atoms. The van der Waals surface area contributed by atoms with E-state index in [1.807, 2.05) is 42.5 Å². The molecule has 0 aromatic heterocycles. The second-order valence-electron chi connectivity index (χ2n) is 5.06. The van der Waals surface area contributed by atoms with Gasteiger partial charge in [-0.25, -0.2) is 5.01 Å². The lowest BCUT2D eigenvalue weighted by Gasteiger charge is -2.20. The third kappa shape index (κ3) is 2.52. The highest BCUT2D eigenvalue weighted by Gasteiger charge is 2.31. The highest BCUT2D eigenvalue weighted by Crippen LogP contribution is 2.34. The molecular formula is C17H16N2O2. The fraction of sp³-hybridized carbons (Fsp3) is 0.176. The summed E-state index contributed by atoms with van der Waals surface area (Å²) in [6.07, 6.45) is 0.598. The smallest absolute Gasteiger partial charge is 0.240 e. The van der Waals surface area contributed by atoms with Crippen molar-refractivity contribution in [3.8, 4) is 5.75 Å². The van der Waals surface area contributed by atoms with Crippen LogP contribution in [0.3, 0.4) is 0 Å². The number of amides is 1. The van der Waals surface area contributed by atoms with Gasteiger partial charge in [-0.15, -0.1) is 0 Å². The minimum Gasteiger partial charge on any atom is -0.507 e. The Morgan fingerprint density at radius 2 is 1.81 bits per heavy atom. The monoisotopic (exact) mass is 280 g/mol. The Kier molecular flexibility index (Phi) is 3.44. The van der Waals surface area contributed by atoms with Crippen molar-refractivity contribution in [3.63, 3.8) is 0 Å². The van der Waals surface area contributed by atoms with Gasteiger partial charge >= 0.3 is 0 Å². The predicted octanol–water partition coefficient (Wildman–Crippen LogP) is 3.09. The van der Waals surface area contributed by atoms with Gasteiger partial charge in [-0.2, -0.15) is 5.10 Å². The zero-order valence-corrected chi connectivity index (χ0v) is 11.7. The lowest BCUT2D eigenvalue weighted by Crippen LogP contribution is -2.24. The lowest BCUT2D eigenvalue weighted by atomic mass is 9.98. The van der Waals surface area contributed by atoms with E-state index in [0.29, 0.717) is 12.0 Å². The molecule has 1 atom stereocenters. The van der Waals surface area contributed by atoms with Crippen LogP contribution in [0.4, 0.5) is 0 Å². The van der Waals surface area contributed by atoms with Crippen molar-refractivity contribution in [2.45, 2.75) is 19.4 Å². The summed E-state index contributed by atoms with van der Waals surface area (Å²) in [7, 11) is 0. The number of phenolic OH excluding ortho intramolecular Hbond substituents is 1. The third-order valence-electron chi connectivity index (χ3n) is 3.63. The maximum absolute atomic E-state index is 11.8. The van der Waals surface area contributed by atoms with Crippen molar-refractivity contribution in [3.05, 3.63) is 65.7 Å². The number of nitrogens with zero attached hydrogens (tertiary/aromatic N) is 2. The quantitative estimate of drug-likeness (QED) is 0.919. The van der Waals surface area contributed by atoms with Gasteiger partial charge in [-0.1, -0.05) is 42.5 Å². The Labute approximate surface area is 123 Å². The van der Waals surface area contributed by atoms with Crippen LogP contribution in [0.15, 0.2) is 59.7 Å². The number of aromatic hydroxyl groups is 1. The topological polar surface area (TPSA) is 52.9 Å². The number of hydrogen-bond donors (Lipinski definition) is 1. The molecule has 2 aromatic rings. The molecule has 0 bridgehead atoms. The highest BCUT2D eigenvalue weighted by atomic mass is 16.3. The Bertz CT molecular complexity index is 695. The number of carbonyl (C=O) groups is 1. The molecule has 1 amide bonds. The van der Waals surface area contributed by atoms with E-state index in [0.717, 1.165) is 11.3 Å². The Hall–Kier alpha value is -2.62. The summed E-state index contributed by atoms with van der Waals surface area (Å²) in [5.74, 6) is 0.0859. The molecule has 1 aliphatic rings. The number of carbonyl (C=O) groups excluding carboxylic acids is 1. The first-order valence-electron chi connectivity index (χ1n) is 6.87. The number of hydrogen-bond acceptors (Lipinski definition) is 3. The second kappa shape index (κ2) is 5.40. The number of rotatable bonds is 2. The van der Waals surface area contributed by atoms with E-state index >= 15 is 0 Å². The summed E-state index contributed by atoms with van der Waals surface area (Å²) in [4.78, 5) is 11.8. The molecule has 0 aliphatic carbocycles. The van der Waals surface area contributed by atoms with Crippen molar-refractivity contribution in [1.82, 2.24) is 5.01 Å². The van der Waals surface area contributed by atoms with Gasteiger partial charge in [0.15, 0.2) is 0 Å². The van der Waals surface area contributed by atoms with Crippen molar-refractivity contribution in [2.24, 2.45) is 5.10 Å². The number of para-hydroxylation sites is 1. The number of hydrazone groups is 1. The van der Waals surface area contributed by atoms with Gasteiger partial charge in [0.25, 0.3) is 0 Å². The van der Waals surface area contributed by atoms with Crippen molar-refractivity contribution >= 4 is 11.6 Å². The fourth-order valence-electron chi connectivity index (χ4n) is 2.62. The maximum Gasteiger partial charge on any atom is 0.240 e. The van der Waals surface area contributed by atoms with Gasteiger partial charge in [0.05, 0.1) is 11.8 Å². The van der Waals surface area contributed by atoms with Crippen LogP contribution >= 0.6 is 0 Å². The van der Waals surface area contributed by atoms with Gasteiger partial charge in [0, 0.05) is 18.9 Å². The second-order valence-corrected chi connectivity index (χ2v) is 5.06. The van der Waals surface area contributed by atoms with Crippen LogP contribution in [0.1, 0.15) is 30.5 Å². The van der Waals surface area contributed by atoms with Crippen molar-refractivity contribution in [1.29, 1.82) is 0 Å². The molecule has 106 valence electrons. The summed E-state index contributed by atoms with van der Waals surface area (Å²) in [5.41, 5.74) is 2.46. The standard InChI is InChI=1S/C17H16N2O2/c1-12(20)19-16(13-7-3-2-4-8-13)11-15(18-19)14-9-5-6-10-17(14)21/h2-10,16,21H,11H2,1H3/t16-/m0/s1. The summed E-state index contributed by atoms with van der Waals surface area (Å²) in [6, 6.07) is 16.8. The molecule has 0 fully saturated rings. The van der Waals surface area contributed by atoms with Gasteiger partial charge in [0.2, 0.25) is 5.91 Å². The summed E-state index contributed by atoms with van der Waals surface area (Å²) < 4.78 is 0. The van der Waals surface area contributed by atoms with Crippen LogP contribution in [0.25, 0.3) is 0 Å². The van der Waals surface area contributed by atoms with Crippen LogP contribution in [0, 0.1) is 0 Å². The Balaban J connectivity index is 1.98. The highest BCUT2D eigenvalue weighted by molar-refractivity contribution is 6.05. The first-order valence-corrected chi connectivity index (χ1v) is 6.87. The van der Waals surface area contributed by atoms with Crippen molar-refractivity contribution < 1.29 is 9.90 Å². The minimum absolute atomic E-state index is 0.103. The summed E-state index contributed by atoms with van der Waals surface area (Å²) in [5, 5.41) is 15.9. The predicted molar refractivity (Wildman–Crippen MR) is 81.0 cm³/mol. The van der Waals surface area contributed by atoms with E-state index in [9.17, 15) is 9.90 Å². The normalized spacial score (nSPS) is 17.7. The molecule has 2 aromatic carbocycles. The molecule has 4 nitrogen and oxygen atoms in total. The van der Waals surface area contributed by atoms with Crippen LogP contribution < -0.4 is 0 Å². The van der Waals surface area contributed by atoms with Gasteiger partial charge < -0.3 is 5.11 Å². The molecular weight excluding hydrogens is 264 g/mol. The van der Waals surface area contributed by atoms with Crippen LogP contribution in [-0.2, 0) is 4.79 Å². The molecule has 21 heavy (non-hydrogen) atoms. The molecule has 4 heteroatoms. The molecule has 3 rings (SSSR count). The third-order valence-corrected chi connectivity index (χ3v) is 3.63. The number of phenols is 1. The average molecular weight is 280 g/mol. The van der Waals surface area contributed by atoms with Crippen LogP contribution in [0.5, 0.6) is 5.75 Å². The average Bonchev–Trinajstić information content (AvgIpc) is 2.94. The van der Waals surface area contributed by atoms with E-state index in [2.05, 4.69) is 5.10 Å². The molecule has 0 radical (unpaired) electrons. The van der Waals surface area contributed by atoms with Crippen LogP contribution in [-0.4, -0.2) is 21.7 Å². The zero-order chi connectivity index (χ0) is 14.8. The zero-order valence-electron chi connectivity index (χ0n) is 11.7. The molecule has 0 unspecified atom stereocenters. The van der Waals surface area contributed by atoms with Crippen LogP contribution in [0.2, 0.25) is 0 Å². The Morgan fingerprint density at radius 3 is 2.48 bits per heavy atom. The molecule has 1 N–H and O–H groups in total. The van der Waals surface area contributed by atoms with E-state index in [1.54, 1.807) is 12.1 Å². The van der Waals surface area contributed by atoms with E-state index in [1.165, 1.54) is 11.9 Å². The minimum atomic E-state index is -0.113. The first-order chi connectivity index (χ1) is 10.2. The lowest BCUT2D eigenvalue weighted by molar-refractivity contribution is -0.130. The largest absolute Gasteiger partial charge is 0.507 e. The first kappa shape index (κ1) is 13.4. The molecule has 1 aliphatic heterocycles. The van der Waals surface area contributed by atoms with E-state index in [4.69, 9.17) is 0 Å². The summed E-state index contributed by atoms with van der Waals surface area (Å²) in [6.45, 7) is 1.51. The molecule has 0 saturated carbocycles. The Morgan fingerprint density at radius 1 is 1.14 bits per heavy atom. The summed E-state index contributed by atoms with van der Waals surface area (Å²) >= 11 is 0. The molecule has 0 saturated heterocycles. The fourth-order valence-corrected chi connectivity index (χ4v) is 2.62. The number of benzene rings is 2. The molecule has 1 heterocycles. The van der Waals surface area contributed by atoms with Gasteiger partial charge in [-0.05, 0) is 17.7 Å². The maximum atomic E-state index is 11.8. The van der Waals surface area contributed by atoms with Gasteiger partial charge in [0.1, 0.15) is 5.75 Å².